The number of aryl methyl sites for hydroxylation is 1. The quantitative estimate of drug-likeness (QED) is 0.849. The third-order valence-electron chi connectivity index (χ3n) is 3.10. The van der Waals surface area contributed by atoms with Crippen molar-refractivity contribution < 1.29 is 0 Å². The highest BCUT2D eigenvalue weighted by molar-refractivity contribution is 5.33. The van der Waals surface area contributed by atoms with E-state index in [-0.39, 0.29) is 0 Å². The maximum absolute atomic E-state index is 4.59. The van der Waals surface area contributed by atoms with Crippen LogP contribution in [0.5, 0.6) is 0 Å². The SMILES string of the molecule is Cc1nc2c(c(Cc3ccccc3)n1)CNC2. The molecule has 0 fully saturated rings. The van der Waals surface area contributed by atoms with Crippen LogP contribution < -0.4 is 5.32 Å². The second-order valence-corrected chi connectivity index (χ2v) is 4.41. The molecular weight excluding hydrogens is 210 g/mol. The topological polar surface area (TPSA) is 37.8 Å². The molecule has 2 heterocycles. The molecule has 0 aliphatic carbocycles. The molecule has 0 amide bonds. The van der Waals surface area contributed by atoms with Crippen molar-refractivity contribution in [3.8, 4) is 0 Å². The molecule has 86 valence electrons. The van der Waals surface area contributed by atoms with E-state index < -0.39 is 0 Å². The second-order valence-electron chi connectivity index (χ2n) is 4.41. The maximum atomic E-state index is 4.59. The molecular formula is C14H15N3. The monoisotopic (exact) mass is 225 g/mol. The Morgan fingerprint density at radius 2 is 1.94 bits per heavy atom. The number of rotatable bonds is 2. The molecule has 0 unspecified atom stereocenters. The molecule has 3 heteroatoms. The van der Waals surface area contributed by atoms with Crippen molar-refractivity contribution in [2.75, 3.05) is 0 Å². The summed E-state index contributed by atoms with van der Waals surface area (Å²) in [5.41, 5.74) is 4.94. The minimum atomic E-state index is 0.874. The molecule has 0 saturated heterocycles. The summed E-state index contributed by atoms with van der Waals surface area (Å²) in [6.45, 7) is 3.74. The van der Waals surface area contributed by atoms with Crippen LogP contribution in [0, 0.1) is 6.92 Å². The third-order valence-corrected chi connectivity index (χ3v) is 3.10. The Bertz CT molecular complexity index is 535. The lowest BCUT2D eigenvalue weighted by molar-refractivity contribution is 0.755. The van der Waals surface area contributed by atoms with Gasteiger partial charge in [-0.1, -0.05) is 30.3 Å². The highest BCUT2D eigenvalue weighted by Crippen LogP contribution is 2.19. The number of fused-ring (bicyclic) bond motifs is 1. The number of hydrogen-bond acceptors (Lipinski definition) is 3. The van der Waals surface area contributed by atoms with Gasteiger partial charge in [0.15, 0.2) is 0 Å². The molecule has 1 aromatic carbocycles. The fourth-order valence-corrected chi connectivity index (χ4v) is 2.31. The summed E-state index contributed by atoms with van der Waals surface area (Å²) in [7, 11) is 0. The van der Waals surface area contributed by atoms with Crippen molar-refractivity contribution in [1.29, 1.82) is 0 Å². The van der Waals surface area contributed by atoms with Crippen molar-refractivity contribution in [2.24, 2.45) is 0 Å². The van der Waals surface area contributed by atoms with Crippen LogP contribution in [0.1, 0.15) is 28.3 Å². The first kappa shape index (κ1) is 10.4. The lowest BCUT2D eigenvalue weighted by Gasteiger charge is -2.07. The maximum Gasteiger partial charge on any atom is 0.125 e. The largest absolute Gasteiger partial charge is 0.307 e. The number of benzene rings is 1. The molecule has 0 bridgehead atoms. The number of nitrogens with zero attached hydrogens (tertiary/aromatic N) is 2. The fraction of sp³-hybridized carbons (Fsp3) is 0.286. The molecule has 17 heavy (non-hydrogen) atoms. The summed E-state index contributed by atoms with van der Waals surface area (Å²) in [5.74, 6) is 0.874. The first-order valence-corrected chi connectivity index (χ1v) is 5.93. The van der Waals surface area contributed by atoms with Crippen molar-refractivity contribution in [1.82, 2.24) is 15.3 Å². The van der Waals surface area contributed by atoms with Crippen molar-refractivity contribution in [3.63, 3.8) is 0 Å². The van der Waals surface area contributed by atoms with E-state index in [0.717, 1.165) is 25.3 Å². The third kappa shape index (κ3) is 2.06. The first-order valence-electron chi connectivity index (χ1n) is 5.93. The van der Waals surface area contributed by atoms with Crippen LogP contribution in [0.4, 0.5) is 0 Å². The molecule has 2 aromatic rings. The summed E-state index contributed by atoms with van der Waals surface area (Å²) in [6, 6.07) is 10.5. The number of nitrogens with one attached hydrogen (secondary N) is 1. The van der Waals surface area contributed by atoms with Gasteiger partial charge in [0.2, 0.25) is 0 Å². The van der Waals surface area contributed by atoms with Gasteiger partial charge in [-0.25, -0.2) is 9.97 Å². The lowest BCUT2D eigenvalue weighted by atomic mass is 10.1. The predicted octanol–water partition coefficient (Wildman–Crippen LogP) is 1.98. The zero-order valence-electron chi connectivity index (χ0n) is 9.90. The van der Waals surface area contributed by atoms with E-state index in [9.17, 15) is 0 Å². The Morgan fingerprint density at radius 1 is 1.12 bits per heavy atom. The minimum absolute atomic E-state index is 0.874. The van der Waals surface area contributed by atoms with Gasteiger partial charge in [0.25, 0.3) is 0 Å². The normalized spacial score (nSPS) is 13.7. The van der Waals surface area contributed by atoms with Gasteiger partial charge in [0.05, 0.1) is 11.4 Å². The highest BCUT2D eigenvalue weighted by Gasteiger charge is 2.17. The summed E-state index contributed by atoms with van der Waals surface area (Å²) in [6.07, 6.45) is 0.897. The van der Waals surface area contributed by atoms with Gasteiger partial charge in [-0.2, -0.15) is 0 Å². The molecule has 0 atom stereocenters. The molecule has 1 aliphatic rings. The molecule has 0 saturated carbocycles. The van der Waals surface area contributed by atoms with E-state index in [1.807, 2.05) is 13.0 Å². The van der Waals surface area contributed by atoms with Gasteiger partial charge in [0, 0.05) is 25.1 Å². The van der Waals surface area contributed by atoms with Gasteiger partial charge < -0.3 is 5.32 Å². The molecule has 1 aliphatic heterocycles. The van der Waals surface area contributed by atoms with Crippen LogP contribution in [-0.2, 0) is 19.5 Å². The van der Waals surface area contributed by atoms with E-state index in [0.29, 0.717) is 0 Å². The van der Waals surface area contributed by atoms with Crippen LogP contribution in [0.15, 0.2) is 30.3 Å². The second kappa shape index (κ2) is 4.26. The van der Waals surface area contributed by atoms with Crippen LogP contribution in [0.3, 0.4) is 0 Å². The first-order chi connectivity index (χ1) is 8.33. The van der Waals surface area contributed by atoms with Gasteiger partial charge in [-0.05, 0) is 12.5 Å². The summed E-state index contributed by atoms with van der Waals surface area (Å²) in [4.78, 5) is 9.07. The van der Waals surface area contributed by atoms with Gasteiger partial charge in [-0.3, -0.25) is 0 Å². The molecule has 3 nitrogen and oxygen atoms in total. The summed E-state index contributed by atoms with van der Waals surface area (Å²) >= 11 is 0. The molecule has 0 radical (unpaired) electrons. The van der Waals surface area contributed by atoms with Crippen LogP contribution >= 0.6 is 0 Å². The van der Waals surface area contributed by atoms with Crippen LogP contribution in [-0.4, -0.2) is 9.97 Å². The predicted molar refractivity (Wildman–Crippen MR) is 66.6 cm³/mol. The Balaban J connectivity index is 1.98. The van der Waals surface area contributed by atoms with Crippen LogP contribution in [0.25, 0.3) is 0 Å². The van der Waals surface area contributed by atoms with E-state index in [1.165, 1.54) is 22.5 Å². The number of hydrogen-bond donors (Lipinski definition) is 1. The lowest BCUT2D eigenvalue weighted by Crippen LogP contribution is -2.04. The molecule has 1 N–H and O–H groups in total. The van der Waals surface area contributed by atoms with Gasteiger partial charge in [0.1, 0.15) is 5.82 Å². The number of aromatic nitrogens is 2. The van der Waals surface area contributed by atoms with Crippen LogP contribution in [0.2, 0.25) is 0 Å². The smallest absolute Gasteiger partial charge is 0.125 e. The van der Waals surface area contributed by atoms with Crippen molar-refractivity contribution >= 4 is 0 Å². The summed E-state index contributed by atoms with van der Waals surface area (Å²) < 4.78 is 0. The highest BCUT2D eigenvalue weighted by atomic mass is 15.0. The molecule has 3 rings (SSSR count). The average molecular weight is 225 g/mol. The fourth-order valence-electron chi connectivity index (χ4n) is 2.31. The molecule has 1 aromatic heterocycles. The zero-order valence-corrected chi connectivity index (χ0v) is 9.90. The Morgan fingerprint density at radius 3 is 2.76 bits per heavy atom. The standard InChI is InChI=1S/C14H15N3/c1-10-16-13(7-11-5-3-2-4-6-11)12-8-15-9-14(12)17-10/h2-6,15H,7-9H2,1H3. The van der Waals surface area contributed by atoms with E-state index in [1.54, 1.807) is 0 Å². The Hall–Kier alpha value is -1.74. The summed E-state index contributed by atoms with van der Waals surface area (Å²) in [5, 5.41) is 3.34. The average Bonchev–Trinajstić information content (AvgIpc) is 2.78. The van der Waals surface area contributed by atoms with Crippen molar-refractivity contribution in [2.45, 2.75) is 26.4 Å². The minimum Gasteiger partial charge on any atom is -0.307 e. The van der Waals surface area contributed by atoms with E-state index in [2.05, 4.69) is 39.6 Å². The van der Waals surface area contributed by atoms with E-state index >= 15 is 0 Å². The molecule has 0 spiro atoms. The Labute approximate surface area is 101 Å². The van der Waals surface area contributed by atoms with Gasteiger partial charge in [-0.15, -0.1) is 0 Å². The van der Waals surface area contributed by atoms with Crippen molar-refractivity contribution in [3.05, 3.63) is 58.7 Å². The van der Waals surface area contributed by atoms with Gasteiger partial charge >= 0.3 is 0 Å². The zero-order chi connectivity index (χ0) is 11.7. The van der Waals surface area contributed by atoms with E-state index in [4.69, 9.17) is 0 Å². The Kier molecular flexibility index (Phi) is 2.61.